The normalized spacial score (nSPS) is 13.0. The molecule has 0 bridgehead atoms. The van der Waals surface area contributed by atoms with Gasteiger partial charge in [-0.05, 0) is 36.8 Å². The van der Waals surface area contributed by atoms with Crippen molar-refractivity contribution in [1.29, 1.82) is 0 Å². The number of hydrogen-bond acceptors (Lipinski definition) is 5. The van der Waals surface area contributed by atoms with E-state index in [2.05, 4.69) is 0 Å². The van der Waals surface area contributed by atoms with Crippen LogP contribution in [0.2, 0.25) is 0 Å². The largest absolute Gasteiger partial charge is 0.496 e. The zero-order chi connectivity index (χ0) is 16.6. The molecule has 1 heterocycles. The SMILES string of the molecule is COc1cc(C)ccc1C(=O)ON1C(=O)c2ccccc2C1=O. The molecule has 6 heteroatoms. The van der Waals surface area contributed by atoms with Crippen LogP contribution in [0.15, 0.2) is 42.5 Å². The number of carbonyl (C=O) groups excluding carboxylic acids is 3. The molecule has 0 saturated carbocycles. The van der Waals surface area contributed by atoms with Crippen molar-refractivity contribution in [2.45, 2.75) is 6.92 Å². The van der Waals surface area contributed by atoms with Gasteiger partial charge in [0.25, 0.3) is 11.8 Å². The number of methoxy groups -OCH3 is 1. The molecular weight excluding hydrogens is 298 g/mol. The van der Waals surface area contributed by atoms with Gasteiger partial charge >= 0.3 is 5.97 Å². The molecule has 2 aromatic rings. The Balaban J connectivity index is 1.88. The molecule has 0 unspecified atom stereocenters. The third-order valence-corrected chi connectivity index (χ3v) is 3.51. The molecule has 0 radical (unpaired) electrons. The first-order chi connectivity index (χ1) is 11.0. The number of benzene rings is 2. The molecular formula is C17H13NO5. The van der Waals surface area contributed by atoms with E-state index in [1.807, 2.05) is 6.92 Å². The summed E-state index contributed by atoms with van der Waals surface area (Å²) in [5.41, 5.74) is 1.45. The monoisotopic (exact) mass is 311 g/mol. The Labute approximate surface area is 132 Å². The van der Waals surface area contributed by atoms with E-state index in [4.69, 9.17) is 9.57 Å². The maximum atomic E-state index is 12.3. The molecule has 0 saturated heterocycles. The first kappa shape index (κ1) is 14.8. The van der Waals surface area contributed by atoms with Crippen LogP contribution in [0.5, 0.6) is 5.75 Å². The fourth-order valence-electron chi connectivity index (χ4n) is 2.35. The van der Waals surface area contributed by atoms with E-state index >= 15 is 0 Å². The van der Waals surface area contributed by atoms with Crippen molar-refractivity contribution < 1.29 is 24.0 Å². The molecule has 6 nitrogen and oxygen atoms in total. The summed E-state index contributed by atoms with van der Waals surface area (Å²) < 4.78 is 5.14. The zero-order valence-corrected chi connectivity index (χ0v) is 12.5. The molecule has 0 spiro atoms. The minimum absolute atomic E-state index is 0.134. The number of hydroxylamine groups is 2. The van der Waals surface area contributed by atoms with Crippen molar-refractivity contribution in [2.75, 3.05) is 7.11 Å². The molecule has 1 aliphatic heterocycles. The highest BCUT2D eigenvalue weighted by molar-refractivity contribution is 6.21. The lowest BCUT2D eigenvalue weighted by molar-refractivity contribution is -0.0586. The van der Waals surface area contributed by atoms with Crippen LogP contribution >= 0.6 is 0 Å². The van der Waals surface area contributed by atoms with Crippen molar-refractivity contribution in [2.24, 2.45) is 0 Å². The fourth-order valence-corrected chi connectivity index (χ4v) is 2.35. The van der Waals surface area contributed by atoms with Gasteiger partial charge in [-0.25, -0.2) is 4.79 Å². The molecule has 0 fully saturated rings. The lowest BCUT2D eigenvalue weighted by Crippen LogP contribution is -2.32. The smallest absolute Gasteiger partial charge is 0.367 e. The van der Waals surface area contributed by atoms with Gasteiger partial charge in [-0.3, -0.25) is 9.59 Å². The van der Waals surface area contributed by atoms with Crippen LogP contribution in [0.1, 0.15) is 36.6 Å². The van der Waals surface area contributed by atoms with E-state index in [1.54, 1.807) is 24.3 Å². The Morgan fingerprint density at radius 2 is 1.61 bits per heavy atom. The van der Waals surface area contributed by atoms with Crippen molar-refractivity contribution in [1.82, 2.24) is 5.06 Å². The standard InChI is InChI=1S/C17H13NO5/c1-10-7-8-13(14(9-10)22-2)17(21)23-18-15(19)11-5-3-4-6-12(11)16(18)20/h3-9H,1-2H3. The highest BCUT2D eigenvalue weighted by atomic mass is 16.7. The topological polar surface area (TPSA) is 72.9 Å². The number of hydrogen-bond donors (Lipinski definition) is 0. The molecule has 0 atom stereocenters. The average Bonchev–Trinajstić information content (AvgIpc) is 2.80. The summed E-state index contributed by atoms with van der Waals surface area (Å²) in [4.78, 5) is 41.6. The lowest BCUT2D eigenvalue weighted by Gasteiger charge is -2.14. The molecule has 2 amide bonds. The van der Waals surface area contributed by atoms with Gasteiger partial charge in [0.1, 0.15) is 11.3 Å². The molecule has 2 aromatic carbocycles. The van der Waals surface area contributed by atoms with Crippen molar-refractivity contribution in [3.8, 4) is 5.75 Å². The number of aryl methyl sites for hydroxylation is 1. The Morgan fingerprint density at radius 1 is 1.00 bits per heavy atom. The summed E-state index contributed by atoms with van der Waals surface area (Å²) in [6, 6.07) is 11.2. The van der Waals surface area contributed by atoms with E-state index in [-0.39, 0.29) is 16.7 Å². The van der Waals surface area contributed by atoms with Crippen LogP contribution in [0.4, 0.5) is 0 Å². The molecule has 0 aliphatic carbocycles. The van der Waals surface area contributed by atoms with Crippen LogP contribution in [0.3, 0.4) is 0 Å². The Morgan fingerprint density at radius 3 is 2.17 bits per heavy atom. The quantitative estimate of drug-likeness (QED) is 0.814. The van der Waals surface area contributed by atoms with Crippen LogP contribution in [0, 0.1) is 6.92 Å². The zero-order valence-electron chi connectivity index (χ0n) is 12.5. The molecule has 116 valence electrons. The molecule has 23 heavy (non-hydrogen) atoms. The van der Waals surface area contributed by atoms with E-state index in [0.717, 1.165) is 5.56 Å². The molecule has 0 aromatic heterocycles. The van der Waals surface area contributed by atoms with Crippen molar-refractivity contribution in [3.05, 3.63) is 64.7 Å². The predicted octanol–water partition coefficient (Wildman–Crippen LogP) is 2.37. The van der Waals surface area contributed by atoms with Gasteiger partial charge in [0.2, 0.25) is 0 Å². The van der Waals surface area contributed by atoms with Gasteiger partial charge in [0.15, 0.2) is 0 Å². The maximum absolute atomic E-state index is 12.3. The van der Waals surface area contributed by atoms with Crippen LogP contribution < -0.4 is 4.74 Å². The Kier molecular flexibility index (Phi) is 3.57. The number of carbonyl (C=O) groups is 3. The molecule has 0 N–H and O–H groups in total. The molecule has 3 rings (SSSR count). The second-order valence-electron chi connectivity index (χ2n) is 5.03. The van der Waals surface area contributed by atoms with Crippen molar-refractivity contribution in [3.63, 3.8) is 0 Å². The minimum atomic E-state index is -0.837. The number of amides is 2. The van der Waals surface area contributed by atoms with Gasteiger partial charge in [0.05, 0.1) is 18.2 Å². The highest BCUT2D eigenvalue weighted by Gasteiger charge is 2.39. The Hall–Kier alpha value is -3.15. The van der Waals surface area contributed by atoms with Crippen LogP contribution in [-0.2, 0) is 4.84 Å². The Bertz CT molecular complexity index is 792. The summed E-state index contributed by atoms with van der Waals surface area (Å²) in [6.07, 6.45) is 0. The molecule has 1 aliphatic rings. The van der Waals surface area contributed by atoms with Gasteiger partial charge in [-0.2, -0.15) is 0 Å². The summed E-state index contributed by atoms with van der Waals surface area (Å²) in [5.74, 6) is -1.85. The maximum Gasteiger partial charge on any atom is 0.367 e. The summed E-state index contributed by atoms with van der Waals surface area (Å²) in [5, 5.41) is 0.478. The van der Waals surface area contributed by atoms with E-state index in [9.17, 15) is 14.4 Å². The third-order valence-electron chi connectivity index (χ3n) is 3.51. The third kappa shape index (κ3) is 2.44. The number of fused-ring (bicyclic) bond motifs is 1. The van der Waals surface area contributed by atoms with Gasteiger partial charge in [-0.1, -0.05) is 23.3 Å². The summed E-state index contributed by atoms with van der Waals surface area (Å²) in [7, 11) is 1.42. The first-order valence-corrected chi connectivity index (χ1v) is 6.87. The summed E-state index contributed by atoms with van der Waals surface area (Å²) >= 11 is 0. The number of ether oxygens (including phenoxy) is 1. The van der Waals surface area contributed by atoms with E-state index in [1.165, 1.54) is 25.3 Å². The number of imide groups is 1. The number of rotatable bonds is 3. The first-order valence-electron chi connectivity index (χ1n) is 6.87. The van der Waals surface area contributed by atoms with Gasteiger partial charge < -0.3 is 9.57 Å². The van der Waals surface area contributed by atoms with Crippen LogP contribution in [0.25, 0.3) is 0 Å². The van der Waals surface area contributed by atoms with Gasteiger partial charge in [0, 0.05) is 0 Å². The van der Waals surface area contributed by atoms with Gasteiger partial charge in [-0.15, -0.1) is 0 Å². The van der Waals surface area contributed by atoms with Crippen molar-refractivity contribution >= 4 is 17.8 Å². The van der Waals surface area contributed by atoms with Crippen LogP contribution in [-0.4, -0.2) is 30.0 Å². The number of nitrogens with zero attached hydrogens (tertiary/aromatic N) is 1. The second-order valence-corrected chi connectivity index (χ2v) is 5.03. The predicted molar refractivity (Wildman–Crippen MR) is 80.1 cm³/mol. The van der Waals surface area contributed by atoms with E-state index < -0.39 is 17.8 Å². The average molecular weight is 311 g/mol. The van der Waals surface area contributed by atoms with E-state index in [0.29, 0.717) is 10.8 Å². The fraction of sp³-hybridized carbons (Fsp3) is 0.118. The lowest BCUT2D eigenvalue weighted by atomic mass is 10.1. The highest BCUT2D eigenvalue weighted by Crippen LogP contribution is 2.25. The summed E-state index contributed by atoms with van der Waals surface area (Å²) in [6.45, 7) is 1.85. The second kappa shape index (κ2) is 5.57. The minimum Gasteiger partial charge on any atom is -0.496 e.